The highest BCUT2D eigenvalue weighted by Crippen LogP contribution is 2.25. The Labute approximate surface area is 105 Å². The van der Waals surface area contributed by atoms with E-state index in [0.29, 0.717) is 0 Å². The van der Waals surface area contributed by atoms with Gasteiger partial charge in [0.25, 0.3) is 5.91 Å². The van der Waals surface area contributed by atoms with E-state index in [1.54, 1.807) is 18.0 Å². The monoisotopic (exact) mass is 243 g/mol. The van der Waals surface area contributed by atoms with Gasteiger partial charge >= 0.3 is 0 Å². The van der Waals surface area contributed by atoms with Gasteiger partial charge in [-0.1, -0.05) is 30.3 Å². The fraction of sp³-hybridized carbons (Fsp3) is 0.143. The highest BCUT2D eigenvalue weighted by atomic mass is 32.2. The van der Waals surface area contributed by atoms with Crippen LogP contribution in [0.5, 0.6) is 0 Å². The average Bonchev–Trinajstić information content (AvgIpc) is 2.50. The van der Waals surface area contributed by atoms with E-state index < -0.39 is 0 Å². The lowest BCUT2D eigenvalue weighted by atomic mass is 10.2. The van der Waals surface area contributed by atoms with Gasteiger partial charge in [0.1, 0.15) is 0 Å². The van der Waals surface area contributed by atoms with E-state index >= 15 is 0 Å². The molecule has 17 heavy (non-hydrogen) atoms. The van der Waals surface area contributed by atoms with Gasteiger partial charge in [-0.25, -0.2) is 0 Å². The van der Waals surface area contributed by atoms with Gasteiger partial charge < -0.3 is 5.32 Å². The largest absolute Gasteiger partial charge is 0.321 e. The molecule has 2 rings (SSSR count). The Morgan fingerprint density at radius 1 is 1.29 bits per heavy atom. The SMILES string of the molecule is CC1=C(SCc2ccccc2)C(=O)NC=C=C1. The molecule has 0 aromatic heterocycles. The molecule has 1 aliphatic heterocycles. The maximum absolute atomic E-state index is 11.8. The third-order valence-corrected chi connectivity index (χ3v) is 3.65. The third-order valence-electron chi connectivity index (χ3n) is 2.38. The van der Waals surface area contributed by atoms with Crippen LogP contribution in [0.3, 0.4) is 0 Å². The average molecular weight is 243 g/mol. The lowest BCUT2D eigenvalue weighted by Crippen LogP contribution is -2.17. The molecule has 0 saturated heterocycles. The molecule has 1 aromatic carbocycles. The number of nitrogens with one attached hydrogen (secondary N) is 1. The Hall–Kier alpha value is -1.70. The van der Waals surface area contributed by atoms with Gasteiger partial charge in [-0.05, 0) is 24.1 Å². The Morgan fingerprint density at radius 3 is 2.82 bits per heavy atom. The summed E-state index contributed by atoms with van der Waals surface area (Å²) in [5.41, 5.74) is 5.07. The zero-order chi connectivity index (χ0) is 12.1. The lowest BCUT2D eigenvalue weighted by Gasteiger charge is -2.07. The molecular formula is C14H13NOS. The molecule has 0 aliphatic carbocycles. The first-order chi connectivity index (χ1) is 8.27. The van der Waals surface area contributed by atoms with Gasteiger partial charge in [-0.15, -0.1) is 17.5 Å². The van der Waals surface area contributed by atoms with Crippen molar-refractivity contribution in [3.05, 3.63) is 64.4 Å². The summed E-state index contributed by atoms with van der Waals surface area (Å²) in [4.78, 5) is 12.5. The molecule has 0 unspecified atom stereocenters. The smallest absolute Gasteiger partial charge is 0.262 e. The first-order valence-corrected chi connectivity index (χ1v) is 6.35. The number of rotatable bonds is 3. The van der Waals surface area contributed by atoms with E-state index in [9.17, 15) is 4.79 Å². The molecular weight excluding hydrogens is 230 g/mol. The Bertz CT molecular complexity index is 510. The van der Waals surface area contributed by atoms with Crippen LogP contribution in [-0.4, -0.2) is 5.91 Å². The van der Waals surface area contributed by atoms with Crippen LogP contribution in [0, 0.1) is 0 Å². The summed E-state index contributed by atoms with van der Waals surface area (Å²) >= 11 is 1.56. The van der Waals surface area contributed by atoms with Crippen LogP contribution in [0.4, 0.5) is 0 Å². The molecule has 0 spiro atoms. The topological polar surface area (TPSA) is 29.1 Å². The molecule has 1 aromatic rings. The Kier molecular flexibility index (Phi) is 3.86. The van der Waals surface area contributed by atoms with Gasteiger partial charge in [-0.2, -0.15) is 0 Å². The van der Waals surface area contributed by atoms with Crippen molar-refractivity contribution in [3.63, 3.8) is 0 Å². The van der Waals surface area contributed by atoms with Crippen molar-refractivity contribution in [2.24, 2.45) is 0 Å². The minimum atomic E-state index is -0.0512. The minimum absolute atomic E-state index is 0.0512. The standard InChI is InChI=1S/C14H13NOS/c1-11-6-5-9-15-14(16)13(11)17-10-12-7-3-2-4-8-12/h2-4,6-9H,10H2,1H3,(H,15,16). The highest BCUT2D eigenvalue weighted by Gasteiger charge is 2.12. The van der Waals surface area contributed by atoms with Crippen LogP contribution in [-0.2, 0) is 10.5 Å². The van der Waals surface area contributed by atoms with Crippen LogP contribution in [0.1, 0.15) is 12.5 Å². The fourth-order valence-corrected chi connectivity index (χ4v) is 2.47. The van der Waals surface area contributed by atoms with E-state index in [2.05, 4.69) is 23.2 Å². The fourth-order valence-electron chi connectivity index (χ4n) is 1.49. The third kappa shape index (κ3) is 3.13. The van der Waals surface area contributed by atoms with Crippen molar-refractivity contribution >= 4 is 17.7 Å². The van der Waals surface area contributed by atoms with Gasteiger partial charge in [0.15, 0.2) is 0 Å². The molecule has 1 heterocycles. The zero-order valence-electron chi connectivity index (χ0n) is 9.57. The van der Waals surface area contributed by atoms with Crippen molar-refractivity contribution in [1.29, 1.82) is 0 Å². The van der Waals surface area contributed by atoms with Gasteiger partial charge in [-0.3, -0.25) is 4.79 Å². The predicted octanol–water partition coefficient (Wildman–Crippen LogP) is 2.99. The number of allylic oxidation sites excluding steroid dienone is 2. The molecule has 0 atom stereocenters. The second kappa shape index (κ2) is 5.58. The number of amides is 1. The predicted molar refractivity (Wildman–Crippen MR) is 71.2 cm³/mol. The van der Waals surface area contributed by atoms with E-state index in [4.69, 9.17) is 0 Å². The second-order valence-corrected chi connectivity index (χ2v) is 4.70. The summed E-state index contributed by atoms with van der Waals surface area (Å²) in [5, 5.41) is 2.68. The number of hydrogen-bond acceptors (Lipinski definition) is 2. The number of thioether (sulfide) groups is 1. The van der Waals surface area contributed by atoms with Crippen molar-refractivity contribution in [3.8, 4) is 0 Å². The molecule has 0 saturated carbocycles. The molecule has 2 nitrogen and oxygen atoms in total. The van der Waals surface area contributed by atoms with Crippen LogP contribution in [0.15, 0.2) is 58.8 Å². The normalized spacial score (nSPS) is 14.8. The second-order valence-electron chi connectivity index (χ2n) is 3.72. The van der Waals surface area contributed by atoms with Crippen LogP contribution in [0.25, 0.3) is 0 Å². The van der Waals surface area contributed by atoms with Crippen LogP contribution in [0.2, 0.25) is 0 Å². The van der Waals surface area contributed by atoms with Crippen LogP contribution >= 0.6 is 11.8 Å². The van der Waals surface area contributed by atoms with Gasteiger partial charge in [0, 0.05) is 12.0 Å². The summed E-state index contributed by atoms with van der Waals surface area (Å²) in [6.45, 7) is 1.93. The molecule has 3 heteroatoms. The van der Waals surface area contributed by atoms with E-state index in [0.717, 1.165) is 16.2 Å². The maximum atomic E-state index is 11.8. The first kappa shape index (κ1) is 11.8. The summed E-state index contributed by atoms with van der Waals surface area (Å²) in [5.74, 6) is 0.749. The summed E-state index contributed by atoms with van der Waals surface area (Å²) < 4.78 is 0. The molecule has 0 bridgehead atoms. The molecule has 86 valence electrons. The quantitative estimate of drug-likeness (QED) is 0.827. The summed E-state index contributed by atoms with van der Waals surface area (Å²) in [6, 6.07) is 10.1. The van der Waals surface area contributed by atoms with E-state index in [1.165, 1.54) is 5.56 Å². The number of carbonyl (C=O) groups excluding carboxylic acids is 1. The number of hydrogen-bond donors (Lipinski definition) is 1. The molecule has 1 amide bonds. The molecule has 0 radical (unpaired) electrons. The van der Waals surface area contributed by atoms with E-state index in [1.807, 2.05) is 31.2 Å². The molecule has 1 aliphatic rings. The number of benzene rings is 1. The zero-order valence-corrected chi connectivity index (χ0v) is 10.4. The minimum Gasteiger partial charge on any atom is -0.321 e. The van der Waals surface area contributed by atoms with Gasteiger partial charge in [0.05, 0.1) is 4.91 Å². The summed E-state index contributed by atoms with van der Waals surface area (Å²) in [6.07, 6.45) is 3.37. The highest BCUT2D eigenvalue weighted by molar-refractivity contribution is 8.03. The molecule has 0 fully saturated rings. The van der Waals surface area contributed by atoms with E-state index in [-0.39, 0.29) is 5.91 Å². The van der Waals surface area contributed by atoms with Crippen molar-refractivity contribution in [1.82, 2.24) is 5.32 Å². The maximum Gasteiger partial charge on any atom is 0.262 e. The summed E-state index contributed by atoms with van der Waals surface area (Å²) in [7, 11) is 0. The van der Waals surface area contributed by atoms with Crippen molar-refractivity contribution in [2.45, 2.75) is 12.7 Å². The van der Waals surface area contributed by atoms with Crippen molar-refractivity contribution < 1.29 is 4.79 Å². The Balaban J connectivity index is 2.10. The van der Waals surface area contributed by atoms with Crippen molar-refractivity contribution in [2.75, 3.05) is 0 Å². The lowest BCUT2D eigenvalue weighted by molar-refractivity contribution is -0.115. The van der Waals surface area contributed by atoms with Crippen LogP contribution < -0.4 is 5.32 Å². The number of carbonyl (C=O) groups is 1. The van der Waals surface area contributed by atoms with Gasteiger partial charge in [0.2, 0.25) is 0 Å². The first-order valence-electron chi connectivity index (χ1n) is 5.37. The Morgan fingerprint density at radius 2 is 2.06 bits per heavy atom. The molecule has 1 N–H and O–H groups in total.